The number of hydrogen-bond acceptors (Lipinski definition) is 4. The van der Waals surface area contributed by atoms with Crippen molar-refractivity contribution in [1.82, 2.24) is 5.32 Å². The molecule has 0 spiro atoms. The Labute approximate surface area is 124 Å². The largest absolute Gasteiger partial charge is 0.496 e. The number of benzene rings is 1. The summed E-state index contributed by atoms with van der Waals surface area (Å²) in [5.41, 5.74) is -0.258. The summed E-state index contributed by atoms with van der Waals surface area (Å²) in [6, 6.07) is 3.12. The first kappa shape index (κ1) is 16.8. The topological polar surface area (TPSA) is 84.9 Å². The van der Waals surface area contributed by atoms with Crippen LogP contribution in [0, 0.1) is 6.92 Å². The molecule has 0 aliphatic rings. The Morgan fingerprint density at radius 1 is 1.24 bits per heavy atom. The quantitative estimate of drug-likeness (QED) is 0.838. The lowest BCUT2D eigenvalue weighted by Gasteiger charge is -2.25. The number of hydrogen-bond donors (Lipinski definition) is 2. The van der Waals surface area contributed by atoms with Crippen molar-refractivity contribution in [3.63, 3.8) is 0 Å². The summed E-state index contributed by atoms with van der Waals surface area (Å²) < 4.78 is 10.4. The number of nitrogens with one attached hydrogen (secondary N) is 1. The van der Waals surface area contributed by atoms with Crippen LogP contribution >= 0.6 is 0 Å². The van der Waals surface area contributed by atoms with Gasteiger partial charge in [-0.3, -0.25) is 4.79 Å². The maximum absolute atomic E-state index is 12.3. The average molecular weight is 295 g/mol. The molecule has 0 radical (unpaired) electrons. The van der Waals surface area contributed by atoms with Crippen molar-refractivity contribution < 1.29 is 24.2 Å². The minimum absolute atomic E-state index is 0.272. The van der Waals surface area contributed by atoms with E-state index >= 15 is 0 Å². The zero-order valence-corrected chi connectivity index (χ0v) is 12.9. The molecule has 1 unspecified atom stereocenters. The van der Waals surface area contributed by atoms with Crippen molar-refractivity contribution >= 4 is 11.9 Å². The molecular formula is C15H21NO5. The van der Waals surface area contributed by atoms with Gasteiger partial charge in [0.1, 0.15) is 17.0 Å². The first-order valence-electron chi connectivity index (χ1n) is 6.57. The number of rotatable bonds is 6. The lowest BCUT2D eigenvalue weighted by Crippen LogP contribution is -2.51. The van der Waals surface area contributed by atoms with Gasteiger partial charge in [0, 0.05) is 11.1 Å². The lowest BCUT2D eigenvalue weighted by molar-refractivity contribution is -0.143. The second-order valence-corrected chi connectivity index (χ2v) is 4.95. The number of ether oxygens (including phenoxy) is 2. The van der Waals surface area contributed by atoms with E-state index < -0.39 is 17.4 Å². The monoisotopic (exact) mass is 295 g/mol. The molecule has 0 saturated carbocycles. The summed E-state index contributed by atoms with van der Waals surface area (Å²) in [5, 5.41) is 11.7. The molecule has 0 aromatic heterocycles. The van der Waals surface area contributed by atoms with Crippen molar-refractivity contribution in [1.29, 1.82) is 0 Å². The molecule has 0 saturated heterocycles. The molecule has 1 aromatic rings. The van der Waals surface area contributed by atoms with Crippen molar-refractivity contribution in [2.24, 2.45) is 0 Å². The van der Waals surface area contributed by atoms with Gasteiger partial charge in [-0.15, -0.1) is 0 Å². The summed E-state index contributed by atoms with van der Waals surface area (Å²) in [6.07, 6.45) is 0.272. The molecule has 6 nitrogen and oxygen atoms in total. The third kappa shape index (κ3) is 3.45. The van der Waals surface area contributed by atoms with Gasteiger partial charge in [-0.25, -0.2) is 4.79 Å². The molecule has 2 N–H and O–H groups in total. The zero-order valence-electron chi connectivity index (χ0n) is 12.9. The zero-order chi connectivity index (χ0) is 16.2. The van der Waals surface area contributed by atoms with Gasteiger partial charge in [0.15, 0.2) is 0 Å². The molecule has 0 fully saturated rings. The third-order valence-electron chi connectivity index (χ3n) is 3.58. The van der Waals surface area contributed by atoms with Crippen LogP contribution in [0.5, 0.6) is 11.5 Å². The van der Waals surface area contributed by atoms with Gasteiger partial charge >= 0.3 is 5.97 Å². The summed E-state index contributed by atoms with van der Waals surface area (Å²) in [7, 11) is 2.99. The molecule has 21 heavy (non-hydrogen) atoms. The Bertz CT molecular complexity index is 530. The van der Waals surface area contributed by atoms with E-state index in [1.807, 2.05) is 6.92 Å². The van der Waals surface area contributed by atoms with Gasteiger partial charge in [0.05, 0.1) is 14.2 Å². The van der Waals surface area contributed by atoms with Crippen LogP contribution in [0.2, 0.25) is 0 Å². The van der Waals surface area contributed by atoms with E-state index in [0.717, 1.165) is 5.56 Å². The van der Waals surface area contributed by atoms with Crippen molar-refractivity contribution in [3.8, 4) is 11.5 Å². The van der Waals surface area contributed by atoms with Gasteiger partial charge in [0.2, 0.25) is 0 Å². The molecule has 0 heterocycles. The molecule has 1 aromatic carbocycles. The fourth-order valence-electron chi connectivity index (χ4n) is 1.83. The Hall–Kier alpha value is -2.24. The average Bonchev–Trinajstić information content (AvgIpc) is 2.46. The van der Waals surface area contributed by atoms with Gasteiger partial charge in [-0.2, -0.15) is 0 Å². The highest BCUT2D eigenvalue weighted by molar-refractivity contribution is 5.98. The summed E-state index contributed by atoms with van der Waals surface area (Å²) in [4.78, 5) is 23.5. The Morgan fingerprint density at radius 2 is 1.71 bits per heavy atom. The van der Waals surface area contributed by atoms with Crippen molar-refractivity contribution in [2.75, 3.05) is 14.2 Å². The number of carboxylic acid groups (broad SMARTS) is 1. The first-order valence-corrected chi connectivity index (χ1v) is 6.57. The number of amides is 1. The molecular weight excluding hydrogens is 274 g/mol. The Kier molecular flexibility index (Phi) is 5.18. The van der Waals surface area contributed by atoms with E-state index in [2.05, 4.69) is 5.32 Å². The predicted octanol–water partition coefficient (Wildman–Crippen LogP) is 2.00. The van der Waals surface area contributed by atoms with Gasteiger partial charge in [-0.05, 0) is 32.4 Å². The highest BCUT2D eigenvalue weighted by Gasteiger charge is 2.33. The second-order valence-electron chi connectivity index (χ2n) is 4.95. The van der Waals surface area contributed by atoms with E-state index in [-0.39, 0.29) is 12.0 Å². The van der Waals surface area contributed by atoms with E-state index in [9.17, 15) is 14.7 Å². The van der Waals surface area contributed by atoms with E-state index in [4.69, 9.17) is 9.47 Å². The van der Waals surface area contributed by atoms with Gasteiger partial charge in [0.25, 0.3) is 5.91 Å². The van der Waals surface area contributed by atoms with E-state index in [1.54, 1.807) is 19.1 Å². The normalized spacial score (nSPS) is 13.2. The molecule has 116 valence electrons. The lowest BCUT2D eigenvalue weighted by atomic mass is 9.98. The Morgan fingerprint density at radius 3 is 2.05 bits per heavy atom. The number of carbonyl (C=O) groups is 2. The summed E-state index contributed by atoms with van der Waals surface area (Å²) in [6.45, 7) is 4.98. The van der Waals surface area contributed by atoms with Crippen LogP contribution in [0.15, 0.2) is 12.1 Å². The number of methoxy groups -OCH3 is 2. The fraction of sp³-hybridized carbons (Fsp3) is 0.467. The maximum Gasteiger partial charge on any atom is 0.329 e. The Balaban J connectivity index is 3.16. The van der Waals surface area contributed by atoms with Crippen LogP contribution < -0.4 is 14.8 Å². The third-order valence-corrected chi connectivity index (χ3v) is 3.58. The van der Waals surface area contributed by atoms with Crippen LogP contribution in [0.25, 0.3) is 0 Å². The molecule has 1 atom stereocenters. The number of carbonyl (C=O) groups excluding carboxylic acids is 1. The second kappa shape index (κ2) is 6.47. The standard InChI is InChI=1S/C15H21NO5/c1-6-15(3,14(18)19)16-13(17)10-7-11(20-4)9(2)12(8-10)21-5/h7-8H,6H2,1-5H3,(H,16,17)(H,18,19). The van der Waals surface area contributed by atoms with Crippen LogP contribution in [0.3, 0.4) is 0 Å². The van der Waals surface area contributed by atoms with Crippen LogP contribution in [0.1, 0.15) is 36.2 Å². The van der Waals surface area contributed by atoms with E-state index in [1.165, 1.54) is 21.1 Å². The smallest absolute Gasteiger partial charge is 0.329 e. The molecule has 6 heteroatoms. The fourth-order valence-corrected chi connectivity index (χ4v) is 1.83. The number of carboxylic acids is 1. The minimum atomic E-state index is -1.32. The SMILES string of the molecule is CCC(C)(NC(=O)c1cc(OC)c(C)c(OC)c1)C(=O)O. The van der Waals surface area contributed by atoms with Crippen LogP contribution in [-0.4, -0.2) is 36.7 Å². The summed E-state index contributed by atoms with van der Waals surface area (Å²) in [5.74, 6) is -0.552. The first-order chi connectivity index (χ1) is 9.78. The van der Waals surface area contributed by atoms with Crippen LogP contribution in [-0.2, 0) is 4.79 Å². The molecule has 0 aliphatic heterocycles. The highest BCUT2D eigenvalue weighted by Crippen LogP contribution is 2.29. The van der Waals surface area contributed by atoms with E-state index in [0.29, 0.717) is 11.5 Å². The molecule has 1 rings (SSSR count). The minimum Gasteiger partial charge on any atom is -0.496 e. The van der Waals surface area contributed by atoms with Crippen LogP contribution in [0.4, 0.5) is 0 Å². The highest BCUT2D eigenvalue weighted by atomic mass is 16.5. The van der Waals surface area contributed by atoms with Gasteiger partial charge < -0.3 is 19.9 Å². The number of aliphatic carboxylic acids is 1. The van der Waals surface area contributed by atoms with Crippen molar-refractivity contribution in [2.45, 2.75) is 32.7 Å². The predicted molar refractivity (Wildman–Crippen MR) is 78.1 cm³/mol. The molecule has 0 bridgehead atoms. The molecule has 1 amide bonds. The van der Waals surface area contributed by atoms with Crippen molar-refractivity contribution in [3.05, 3.63) is 23.3 Å². The van der Waals surface area contributed by atoms with Gasteiger partial charge in [-0.1, -0.05) is 6.92 Å². The maximum atomic E-state index is 12.3. The molecule has 0 aliphatic carbocycles. The summed E-state index contributed by atoms with van der Waals surface area (Å²) >= 11 is 0.